The fourth-order valence-corrected chi connectivity index (χ4v) is 3.13. The van der Waals surface area contributed by atoms with Crippen molar-refractivity contribution in [2.45, 2.75) is 46.7 Å². The van der Waals surface area contributed by atoms with Crippen molar-refractivity contribution in [1.29, 1.82) is 0 Å². The van der Waals surface area contributed by atoms with Gasteiger partial charge in [-0.3, -0.25) is 4.90 Å². The van der Waals surface area contributed by atoms with Gasteiger partial charge in [-0.2, -0.15) is 0 Å². The van der Waals surface area contributed by atoms with E-state index >= 15 is 0 Å². The van der Waals surface area contributed by atoms with Crippen molar-refractivity contribution in [3.8, 4) is 0 Å². The third-order valence-electron chi connectivity index (χ3n) is 4.67. The zero-order chi connectivity index (χ0) is 16.2. The molecule has 5 heteroatoms. The number of aromatic nitrogens is 1. The molecule has 2 aromatic heterocycles. The molecule has 0 saturated carbocycles. The number of likely N-dealkylation sites (tertiary alicyclic amines) is 1. The lowest BCUT2D eigenvalue weighted by Crippen LogP contribution is -2.36. The number of oxazole rings is 1. The predicted molar refractivity (Wildman–Crippen MR) is 89.1 cm³/mol. The van der Waals surface area contributed by atoms with Gasteiger partial charge in [-0.05, 0) is 71.3 Å². The van der Waals surface area contributed by atoms with E-state index in [-0.39, 0.29) is 0 Å². The van der Waals surface area contributed by atoms with Gasteiger partial charge in [0.25, 0.3) is 0 Å². The molecule has 1 N–H and O–H groups in total. The summed E-state index contributed by atoms with van der Waals surface area (Å²) < 4.78 is 11.3. The summed E-state index contributed by atoms with van der Waals surface area (Å²) in [7, 11) is 0. The molecule has 1 aliphatic rings. The van der Waals surface area contributed by atoms with Crippen molar-refractivity contribution in [2.24, 2.45) is 5.92 Å². The van der Waals surface area contributed by atoms with Gasteiger partial charge in [0.15, 0.2) is 0 Å². The Labute approximate surface area is 138 Å². The van der Waals surface area contributed by atoms with Crippen LogP contribution in [0.2, 0.25) is 0 Å². The van der Waals surface area contributed by atoms with Gasteiger partial charge in [0, 0.05) is 0 Å². The van der Waals surface area contributed by atoms with E-state index in [1.54, 1.807) is 0 Å². The number of furan rings is 1. The van der Waals surface area contributed by atoms with Gasteiger partial charge in [-0.15, -0.1) is 0 Å². The zero-order valence-electron chi connectivity index (χ0n) is 14.4. The minimum atomic E-state index is 0.746. The van der Waals surface area contributed by atoms with Crippen molar-refractivity contribution < 1.29 is 8.83 Å². The molecular formula is C18H27N3O2. The molecule has 0 atom stereocenters. The second kappa shape index (κ2) is 7.32. The quantitative estimate of drug-likeness (QED) is 0.886. The van der Waals surface area contributed by atoms with Crippen LogP contribution < -0.4 is 5.32 Å². The van der Waals surface area contributed by atoms with Crippen LogP contribution in [-0.2, 0) is 13.1 Å². The molecule has 126 valence electrons. The lowest BCUT2D eigenvalue weighted by Gasteiger charge is -2.31. The van der Waals surface area contributed by atoms with Crippen molar-refractivity contribution in [3.05, 3.63) is 41.0 Å². The molecule has 0 bridgehead atoms. The van der Waals surface area contributed by atoms with E-state index in [1.165, 1.54) is 12.8 Å². The highest BCUT2D eigenvalue weighted by atomic mass is 16.4. The number of nitrogens with one attached hydrogen (secondary N) is 1. The van der Waals surface area contributed by atoms with Crippen LogP contribution in [0.15, 0.2) is 21.0 Å². The van der Waals surface area contributed by atoms with Crippen LogP contribution in [0, 0.1) is 26.7 Å². The molecule has 5 nitrogen and oxygen atoms in total. The molecule has 2 aromatic rings. The second-order valence-corrected chi connectivity index (χ2v) is 6.61. The van der Waals surface area contributed by atoms with Crippen molar-refractivity contribution in [2.75, 3.05) is 19.6 Å². The van der Waals surface area contributed by atoms with E-state index in [0.717, 1.165) is 67.5 Å². The summed E-state index contributed by atoms with van der Waals surface area (Å²) in [5.41, 5.74) is 1.01. The smallest absolute Gasteiger partial charge is 0.208 e. The lowest BCUT2D eigenvalue weighted by atomic mass is 9.97. The first-order chi connectivity index (χ1) is 11.1. The molecule has 0 spiro atoms. The molecule has 1 saturated heterocycles. The molecule has 1 aliphatic heterocycles. The van der Waals surface area contributed by atoms with E-state index in [2.05, 4.69) is 15.2 Å². The van der Waals surface area contributed by atoms with Gasteiger partial charge in [0.1, 0.15) is 17.3 Å². The fourth-order valence-electron chi connectivity index (χ4n) is 3.13. The van der Waals surface area contributed by atoms with Crippen molar-refractivity contribution in [3.63, 3.8) is 0 Å². The highest BCUT2D eigenvalue weighted by molar-refractivity contribution is 5.06. The van der Waals surface area contributed by atoms with Crippen LogP contribution in [0.1, 0.15) is 41.7 Å². The molecule has 0 aromatic carbocycles. The maximum atomic E-state index is 5.68. The number of hydrogen-bond donors (Lipinski definition) is 1. The Kier molecular flexibility index (Phi) is 5.18. The number of hydrogen-bond acceptors (Lipinski definition) is 5. The van der Waals surface area contributed by atoms with Crippen LogP contribution in [-0.4, -0.2) is 29.5 Å². The predicted octanol–water partition coefficient (Wildman–Crippen LogP) is 3.19. The third-order valence-corrected chi connectivity index (χ3v) is 4.67. The summed E-state index contributed by atoms with van der Waals surface area (Å²) >= 11 is 0. The average molecular weight is 317 g/mol. The largest absolute Gasteiger partial charge is 0.465 e. The van der Waals surface area contributed by atoms with Gasteiger partial charge < -0.3 is 14.2 Å². The SMILES string of the molecule is Cc1ccc(CNCC2CCN(Cc3nc(C)c(C)o3)CC2)o1. The minimum absolute atomic E-state index is 0.746. The number of piperidine rings is 1. The summed E-state index contributed by atoms with van der Waals surface area (Å²) in [6.07, 6.45) is 2.45. The average Bonchev–Trinajstić information content (AvgIpc) is 3.07. The van der Waals surface area contributed by atoms with Crippen LogP contribution in [0.5, 0.6) is 0 Å². The van der Waals surface area contributed by atoms with Crippen molar-refractivity contribution in [1.82, 2.24) is 15.2 Å². The van der Waals surface area contributed by atoms with E-state index < -0.39 is 0 Å². The highest BCUT2D eigenvalue weighted by Gasteiger charge is 2.20. The Hall–Kier alpha value is -1.59. The van der Waals surface area contributed by atoms with Gasteiger partial charge in [0.2, 0.25) is 5.89 Å². The minimum Gasteiger partial charge on any atom is -0.465 e. The zero-order valence-corrected chi connectivity index (χ0v) is 14.4. The molecule has 1 fully saturated rings. The summed E-state index contributed by atoms with van der Waals surface area (Å²) in [5.74, 6) is 4.54. The van der Waals surface area contributed by atoms with Crippen molar-refractivity contribution >= 4 is 0 Å². The fraction of sp³-hybridized carbons (Fsp3) is 0.611. The summed E-state index contributed by atoms with van der Waals surface area (Å²) in [6, 6.07) is 4.06. The maximum absolute atomic E-state index is 5.68. The molecule has 3 rings (SSSR count). The topological polar surface area (TPSA) is 54.4 Å². The van der Waals surface area contributed by atoms with E-state index in [9.17, 15) is 0 Å². The summed E-state index contributed by atoms with van der Waals surface area (Å²) in [6.45, 7) is 10.9. The van der Waals surface area contributed by atoms with Gasteiger partial charge in [0.05, 0.1) is 18.8 Å². The Morgan fingerprint density at radius 2 is 1.96 bits per heavy atom. The highest BCUT2D eigenvalue weighted by Crippen LogP contribution is 2.19. The summed E-state index contributed by atoms with van der Waals surface area (Å²) in [5, 5.41) is 3.52. The second-order valence-electron chi connectivity index (χ2n) is 6.61. The molecule has 3 heterocycles. The standard InChI is InChI=1S/C18H27N3O2/c1-13-4-5-17(22-13)11-19-10-16-6-8-21(9-7-16)12-18-20-14(2)15(3)23-18/h4-5,16,19H,6-12H2,1-3H3. The van der Waals surface area contributed by atoms with Gasteiger partial charge in [-0.25, -0.2) is 4.98 Å². The maximum Gasteiger partial charge on any atom is 0.208 e. The summed E-state index contributed by atoms with van der Waals surface area (Å²) in [4.78, 5) is 6.92. The van der Waals surface area contributed by atoms with Crippen LogP contribution in [0.3, 0.4) is 0 Å². The van der Waals surface area contributed by atoms with Crippen LogP contribution in [0.4, 0.5) is 0 Å². The number of aryl methyl sites for hydroxylation is 3. The molecular weight excluding hydrogens is 290 g/mol. The van der Waals surface area contributed by atoms with E-state index in [4.69, 9.17) is 8.83 Å². The molecule has 0 aliphatic carbocycles. The van der Waals surface area contributed by atoms with Crippen LogP contribution in [0.25, 0.3) is 0 Å². The number of nitrogens with zero attached hydrogens (tertiary/aromatic N) is 2. The normalized spacial score (nSPS) is 17.0. The van der Waals surface area contributed by atoms with Gasteiger partial charge in [-0.1, -0.05) is 0 Å². The van der Waals surface area contributed by atoms with Gasteiger partial charge >= 0.3 is 0 Å². The first kappa shape index (κ1) is 16.3. The molecule has 0 unspecified atom stereocenters. The van der Waals surface area contributed by atoms with E-state index in [1.807, 2.05) is 32.9 Å². The van der Waals surface area contributed by atoms with E-state index in [0.29, 0.717) is 0 Å². The first-order valence-corrected chi connectivity index (χ1v) is 8.51. The molecule has 0 radical (unpaired) electrons. The third kappa shape index (κ3) is 4.45. The number of rotatable bonds is 6. The Morgan fingerprint density at radius 3 is 2.57 bits per heavy atom. The molecule has 23 heavy (non-hydrogen) atoms. The Morgan fingerprint density at radius 1 is 1.17 bits per heavy atom. The lowest BCUT2D eigenvalue weighted by molar-refractivity contribution is 0.161. The molecule has 0 amide bonds. The first-order valence-electron chi connectivity index (χ1n) is 8.51. The van der Waals surface area contributed by atoms with Crippen LogP contribution >= 0.6 is 0 Å². The monoisotopic (exact) mass is 317 g/mol. The Balaban J connectivity index is 1.36. The Bertz CT molecular complexity index is 605.